The van der Waals surface area contributed by atoms with Crippen LogP contribution < -0.4 is 9.46 Å². The number of nitrogens with one attached hydrogen (secondary N) is 1. The number of hydrogen-bond acceptors (Lipinski definition) is 4. The average molecular weight is 325 g/mol. The molecular formula is C15H23N3O3S. The molecule has 1 aromatic carbocycles. The molecule has 1 atom stereocenters. The Balaban J connectivity index is 1.54. The van der Waals surface area contributed by atoms with Crippen molar-refractivity contribution in [3.8, 4) is 5.75 Å². The van der Waals surface area contributed by atoms with Crippen molar-refractivity contribution in [3.05, 3.63) is 29.8 Å². The van der Waals surface area contributed by atoms with Gasteiger partial charge in [-0.2, -0.15) is 12.7 Å². The number of hydrogen-bond donors (Lipinski definition) is 1. The molecule has 3 rings (SSSR count). The fourth-order valence-electron chi connectivity index (χ4n) is 2.86. The number of nitrogens with zero attached hydrogens (tertiary/aromatic N) is 2. The second-order valence-corrected chi connectivity index (χ2v) is 7.80. The van der Waals surface area contributed by atoms with E-state index in [4.69, 9.17) is 4.74 Å². The van der Waals surface area contributed by atoms with E-state index in [2.05, 4.69) is 9.62 Å². The second kappa shape index (κ2) is 6.54. The molecule has 0 bridgehead atoms. The topological polar surface area (TPSA) is 61.9 Å². The van der Waals surface area contributed by atoms with Gasteiger partial charge in [0.05, 0.1) is 6.61 Å². The van der Waals surface area contributed by atoms with Crippen molar-refractivity contribution in [2.75, 3.05) is 46.4 Å². The molecule has 0 amide bonds. The zero-order valence-electron chi connectivity index (χ0n) is 12.9. The summed E-state index contributed by atoms with van der Waals surface area (Å²) >= 11 is 0. The van der Waals surface area contributed by atoms with Crippen LogP contribution in [-0.2, 0) is 16.6 Å². The highest BCUT2D eigenvalue weighted by Crippen LogP contribution is 2.26. The fraction of sp³-hybridized carbons (Fsp3) is 0.600. The summed E-state index contributed by atoms with van der Waals surface area (Å²) in [4.78, 5) is 2.14. The highest BCUT2D eigenvalue weighted by Gasteiger charge is 2.27. The summed E-state index contributed by atoms with van der Waals surface area (Å²) in [5.74, 6) is 1.10. The maximum atomic E-state index is 12.3. The van der Waals surface area contributed by atoms with E-state index in [9.17, 15) is 8.42 Å². The minimum Gasteiger partial charge on any atom is -0.493 e. The standard InChI is InChI=1S/C15H23N3O3S/c1-17-6-8-18(9-7-17)22(19,20)16-11-13-10-14-4-2-3-5-15(14)21-12-13/h2-5,13,16H,6-12H2,1H3. The lowest BCUT2D eigenvalue weighted by Gasteiger charge is -2.32. The maximum Gasteiger partial charge on any atom is 0.279 e. The van der Waals surface area contributed by atoms with E-state index in [1.807, 2.05) is 31.3 Å². The number of ether oxygens (including phenoxy) is 1. The van der Waals surface area contributed by atoms with E-state index >= 15 is 0 Å². The normalized spacial score (nSPS) is 23.8. The van der Waals surface area contributed by atoms with E-state index in [0.29, 0.717) is 26.2 Å². The summed E-state index contributed by atoms with van der Waals surface area (Å²) in [7, 11) is -1.37. The number of benzene rings is 1. The summed E-state index contributed by atoms with van der Waals surface area (Å²) < 4.78 is 34.7. The van der Waals surface area contributed by atoms with Crippen molar-refractivity contribution in [2.24, 2.45) is 5.92 Å². The van der Waals surface area contributed by atoms with Gasteiger partial charge in [-0.1, -0.05) is 18.2 Å². The Hall–Kier alpha value is -1.15. The third-order valence-electron chi connectivity index (χ3n) is 4.31. The van der Waals surface area contributed by atoms with Gasteiger partial charge in [0.1, 0.15) is 5.75 Å². The lowest BCUT2D eigenvalue weighted by molar-refractivity contribution is 0.213. The van der Waals surface area contributed by atoms with Gasteiger partial charge in [0, 0.05) is 38.6 Å². The predicted molar refractivity (Wildman–Crippen MR) is 85.1 cm³/mol. The SMILES string of the molecule is CN1CCN(S(=O)(=O)NCC2COc3ccccc3C2)CC1. The third kappa shape index (κ3) is 3.60. The number of fused-ring (bicyclic) bond motifs is 1. The van der Waals surface area contributed by atoms with Crippen LogP contribution in [0.15, 0.2) is 24.3 Å². The van der Waals surface area contributed by atoms with Crippen molar-refractivity contribution in [1.29, 1.82) is 0 Å². The molecule has 1 unspecified atom stereocenters. The Morgan fingerprint density at radius 3 is 2.73 bits per heavy atom. The van der Waals surface area contributed by atoms with E-state index in [0.717, 1.165) is 30.8 Å². The monoisotopic (exact) mass is 325 g/mol. The number of likely N-dealkylation sites (N-methyl/N-ethyl adjacent to an activating group) is 1. The molecule has 1 fully saturated rings. The number of para-hydroxylation sites is 1. The van der Waals surface area contributed by atoms with Gasteiger partial charge in [0.15, 0.2) is 0 Å². The third-order valence-corrected chi connectivity index (χ3v) is 5.89. The van der Waals surface area contributed by atoms with Crippen molar-refractivity contribution < 1.29 is 13.2 Å². The first kappa shape index (κ1) is 15.7. The van der Waals surface area contributed by atoms with Gasteiger partial charge in [-0.15, -0.1) is 0 Å². The van der Waals surface area contributed by atoms with Gasteiger partial charge in [-0.05, 0) is 25.1 Å². The summed E-state index contributed by atoms with van der Waals surface area (Å²) in [6.45, 7) is 3.64. The molecule has 1 N–H and O–H groups in total. The van der Waals surface area contributed by atoms with E-state index in [1.54, 1.807) is 0 Å². The molecule has 22 heavy (non-hydrogen) atoms. The first-order chi connectivity index (χ1) is 10.5. The largest absolute Gasteiger partial charge is 0.493 e. The molecule has 0 spiro atoms. The molecule has 7 heteroatoms. The van der Waals surface area contributed by atoms with Crippen LogP contribution in [0.2, 0.25) is 0 Å². The first-order valence-electron chi connectivity index (χ1n) is 7.68. The quantitative estimate of drug-likeness (QED) is 0.866. The Morgan fingerprint density at radius 1 is 1.23 bits per heavy atom. The zero-order chi connectivity index (χ0) is 15.6. The highest BCUT2D eigenvalue weighted by molar-refractivity contribution is 7.87. The molecule has 0 radical (unpaired) electrons. The predicted octanol–water partition coefficient (Wildman–Crippen LogP) is 0.320. The van der Waals surface area contributed by atoms with Gasteiger partial charge < -0.3 is 9.64 Å². The molecule has 0 aliphatic carbocycles. The van der Waals surface area contributed by atoms with E-state index < -0.39 is 10.2 Å². The Morgan fingerprint density at radius 2 is 1.95 bits per heavy atom. The van der Waals surface area contributed by atoms with Gasteiger partial charge in [0.25, 0.3) is 10.2 Å². The van der Waals surface area contributed by atoms with Crippen LogP contribution in [0.4, 0.5) is 0 Å². The highest BCUT2D eigenvalue weighted by atomic mass is 32.2. The van der Waals surface area contributed by atoms with E-state index in [1.165, 1.54) is 4.31 Å². The average Bonchev–Trinajstić information content (AvgIpc) is 2.53. The van der Waals surface area contributed by atoms with Crippen molar-refractivity contribution in [3.63, 3.8) is 0 Å². The fourth-order valence-corrected chi connectivity index (χ4v) is 4.14. The molecule has 0 aromatic heterocycles. The van der Waals surface area contributed by atoms with Gasteiger partial charge >= 0.3 is 0 Å². The summed E-state index contributed by atoms with van der Waals surface area (Å²) in [5.41, 5.74) is 1.15. The van der Waals surface area contributed by atoms with Crippen molar-refractivity contribution >= 4 is 10.2 Å². The van der Waals surface area contributed by atoms with Gasteiger partial charge in [-0.3, -0.25) is 0 Å². The smallest absolute Gasteiger partial charge is 0.279 e. The zero-order valence-corrected chi connectivity index (χ0v) is 13.7. The molecule has 6 nitrogen and oxygen atoms in total. The summed E-state index contributed by atoms with van der Waals surface area (Å²) in [6, 6.07) is 7.94. The molecule has 1 saturated heterocycles. The van der Waals surface area contributed by atoms with Crippen LogP contribution in [0.1, 0.15) is 5.56 Å². The number of piperazine rings is 1. The minimum absolute atomic E-state index is 0.178. The van der Waals surface area contributed by atoms with Crippen LogP contribution in [-0.4, -0.2) is 64.0 Å². The van der Waals surface area contributed by atoms with Crippen LogP contribution >= 0.6 is 0 Å². The lowest BCUT2D eigenvalue weighted by atomic mass is 9.97. The Bertz CT molecular complexity index is 612. The van der Waals surface area contributed by atoms with E-state index in [-0.39, 0.29) is 5.92 Å². The molecule has 122 valence electrons. The molecule has 1 aromatic rings. The van der Waals surface area contributed by atoms with Gasteiger partial charge in [0.2, 0.25) is 0 Å². The van der Waals surface area contributed by atoms with Gasteiger partial charge in [-0.25, -0.2) is 4.72 Å². The molecule has 0 saturated carbocycles. The molecule has 2 aliphatic rings. The summed E-state index contributed by atoms with van der Waals surface area (Å²) in [5, 5.41) is 0. The minimum atomic E-state index is -3.38. The maximum absolute atomic E-state index is 12.3. The lowest BCUT2D eigenvalue weighted by Crippen LogP contribution is -2.51. The second-order valence-electron chi connectivity index (χ2n) is 6.04. The molecule has 2 heterocycles. The Kier molecular flexibility index (Phi) is 4.67. The Labute approximate surface area is 132 Å². The van der Waals surface area contributed by atoms with Crippen LogP contribution in [0.25, 0.3) is 0 Å². The molecule has 2 aliphatic heterocycles. The van der Waals surface area contributed by atoms with Crippen LogP contribution in [0, 0.1) is 5.92 Å². The van der Waals surface area contributed by atoms with Crippen molar-refractivity contribution in [1.82, 2.24) is 13.9 Å². The van der Waals surface area contributed by atoms with Crippen LogP contribution in [0.5, 0.6) is 5.75 Å². The van der Waals surface area contributed by atoms with Crippen molar-refractivity contribution in [2.45, 2.75) is 6.42 Å². The summed E-state index contributed by atoms with van der Waals surface area (Å²) in [6.07, 6.45) is 0.849. The van der Waals surface area contributed by atoms with Crippen LogP contribution in [0.3, 0.4) is 0 Å². The number of rotatable bonds is 4. The first-order valence-corrected chi connectivity index (χ1v) is 9.12. The molecular weight excluding hydrogens is 302 g/mol.